The molecule has 0 aliphatic carbocycles. The minimum Gasteiger partial charge on any atom is -0.497 e. The van der Waals surface area contributed by atoms with Crippen LogP contribution in [0.4, 0.5) is 0 Å². The average molecular weight is 314 g/mol. The summed E-state index contributed by atoms with van der Waals surface area (Å²) in [5, 5.41) is 0. The van der Waals surface area contributed by atoms with Gasteiger partial charge < -0.3 is 14.2 Å². The van der Waals surface area contributed by atoms with Gasteiger partial charge in [0.1, 0.15) is 17.2 Å². The highest BCUT2D eigenvalue weighted by atomic mass is 16.6. The van der Waals surface area contributed by atoms with Gasteiger partial charge in [-0.05, 0) is 47.4 Å². The lowest BCUT2D eigenvalue weighted by atomic mass is 9.87. The molecule has 0 aliphatic rings. The Hall–Kier alpha value is -2.49. The van der Waals surface area contributed by atoms with E-state index in [9.17, 15) is 4.79 Å². The summed E-state index contributed by atoms with van der Waals surface area (Å²) in [6.07, 6.45) is 0. The maximum Gasteiger partial charge on any atom is 0.349 e. The van der Waals surface area contributed by atoms with E-state index in [1.165, 1.54) is 5.56 Å². The minimum absolute atomic E-state index is 0.0695. The standard InChI is InChI=1S/C19H22O4/c1-19(2,3)14-5-7-17(8-6-14)23-18(20)13-22-16-11-9-15(21-4)10-12-16/h5-12H,13H2,1-4H3. The summed E-state index contributed by atoms with van der Waals surface area (Å²) >= 11 is 0. The molecule has 0 aliphatic heterocycles. The van der Waals surface area contributed by atoms with Crippen molar-refractivity contribution in [3.8, 4) is 17.2 Å². The fourth-order valence-corrected chi connectivity index (χ4v) is 2.00. The molecular weight excluding hydrogens is 292 g/mol. The molecule has 2 rings (SSSR count). The molecular formula is C19H22O4. The van der Waals surface area contributed by atoms with Crippen molar-refractivity contribution in [1.82, 2.24) is 0 Å². The summed E-state index contributed by atoms with van der Waals surface area (Å²) in [5.41, 5.74) is 1.26. The highest BCUT2D eigenvalue weighted by Gasteiger charge is 2.13. The first-order chi connectivity index (χ1) is 10.9. The Bertz CT molecular complexity index is 637. The first-order valence-corrected chi connectivity index (χ1v) is 7.46. The number of esters is 1. The highest BCUT2D eigenvalue weighted by Crippen LogP contribution is 2.24. The SMILES string of the molecule is COc1ccc(OCC(=O)Oc2ccc(C(C)(C)C)cc2)cc1. The second kappa shape index (κ2) is 7.18. The van der Waals surface area contributed by atoms with Crippen molar-refractivity contribution < 1.29 is 19.0 Å². The molecule has 0 saturated carbocycles. The number of methoxy groups -OCH3 is 1. The lowest BCUT2D eigenvalue weighted by Crippen LogP contribution is -2.18. The molecule has 0 saturated heterocycles. The van der Waals surface area contributed by atoms with Gasteiger partial charge in [0.25, 0.3) is 0 Å². The van der Waals surface area contributed by atoms with Gasteiger partial charge >= 0.3 is 5.97 Å². The molecule has 0 unspecified atom stereocenters. The zero-order valence-electron chi connectivity index (χ0n) is 14.0. The molecule has 0 radical (unpaired) electrons. The van der Waals surface area contributed by atoms with E-state index in [4.69, 9.17) is 14.2 Å². The molecule has 2 aromatic rings. The highest BCUT2D eigenvalue weighted by molar-refractivity contribution is 5.74. The van der Waals surface area contributed by atoms with E-state index in [2.05, 4.69) is 20.8 Å². The topological polar surface area (TPSA) is 44.8 Å². The normalized spacial score (nSPS) is 11.0. The van der Waals surface area contributed by atoms with Crippen LogP contribution in [0.3, 0.4) is 0 Å². The fourth-order valence-electron chi connectivity index (χ4n) is 2.00. The largest absolute Gasteiger partial charge is 0.497 e. The van der Waals surface area contributed by atoms with Crippen LogP contribution in [0.15, 0.2) is 48.5 Å². The average Bonchev–Trinajstić information content (AvgIpc) is 2.53. The zero-order valence-corrected chi connectivity index (χ0v) is 14.0. The summed E-state index contributed by atoms with van der Waals surface area (Å²) in [6.45, 7) is 6.26. The van der Waals surface area contributed by atoms with Crippen LogP contribution in [0.2, 0.25) is 0 Å². The summed E-state index contributed by atoms with van der Waals surface area (Å²) in [6, 6.07) is 14.5. The van der Waals surface area contributed by atoms with Crippen molar-refractivity contribution in [1.29, 1.82) is 0 Å². The Morgan fingerprint density at radius 3 is 1.91 bits per heavy atom. The Kier molecular flexibility index (Phi) is 5.27. The molecule has 0 aromatic heterocycles. The van der Waals surface area contributed by atoms with Gasteiger partial charge in [0.2, 0.25) is 0 Å². The lowest BCUT2D eigenvalue weighted by molar-refractivity contribution is -0.136. The Balaban J connectivity index is 1.86. The second-order valence-corrected chi connectivity index (χ2v) is 6.21. The Morgan fingerprint density at radius 2 is 1.39 bits per heavy atom. The fraction of sp³-hybridized carbons (Fsp3) is 0.316. The number of hydrogen-bond acceptors (Lipinski definition) is 4. The van der Waals surface area contributed by atoms with Gasteiger partial charge in [0.05, 0.1) is 7.11 Å². The number of carbonyl (C=O) groups is 1. The van der Waals surface area contributed by atoms with E-state index < -0.39 is 5.97 Å². The predicted molar refractivity (Wildman–Crippen MR) is 89.3 cm³/mol. The van der Waals surface area contributed by atoms with Crippen LogP contribution >= 0.6 is 0 Å². The first kappa shape index (κ1) is 16.9. The molecule has 2 aromatic carbocycles. The van der Waals surface area contributed by atoms with Gasteiger partial charge in [-0.3, -0.25) is 0 Å². The monoisotopic (exact) mass is 314 g/mol. The maximum absolute atomic E-state index is 11.8. The van der Waals surface area contributed by atoms with Crippen LogP contribution in [0.5, 0.6) is 17.2 Å². The molecule has 122 valence electrons. The first-order valence-electron chi connectivity index (χ1n) is 7.46. The molecule has 4 nitrogen and oxygen atoms in total. The van der Waals surface area contributed by atoms with Crippen LogP contribution in [0.25, 0.3) is 0 Å². The molecule has 4 heteroatoms. The van der Waals surface area contributed by atoms with Crippen LogP contribution in [-0.4, -0.2) is 19.7 Å². The van der Waals surface area contributed by atoms with Gasteiger partial charge in [0, 0.05) is 0 Å². The van der Waals surface area contributed by atoms with Gasteiger partial charge in [-0.25, -0.2) is 4.79 Å². The third kappa shape index (κ3) is 5.02. The molecule has 0 heterocycles. The third-order valence-electron chi connectivity index (χ3n) is 3.37. The molecule has 0 atom stereocenters. The van der Waals surface area contributed by atoms with E-state index in [0.717, 1.165) is 5.75 Å². The van der Waals surface area contributed by atoms with Crippen molar-refractivity contribution in [2.45, 2.75) is 26.2 Å². The van der Waals surface area contributed by atoms with Crippen molar-refractivity contribution in [2.24, 2.45) is 0 Å². The number of ether oxygens (including phenoxy) is 3. The molecule has 0 N–H and O–H groups in total. The Labute approximate surface area is 137 Å². The van der Waals surface area contributed by atoms with Crippen molar-refractivity contribution in [3.05, 3.63) is 54.1 Å². The van der Waals surface area contributed by atoms with E-state index >= 15 is 0 Å². The summed E-state index contributed by atoms with van der Waals surface area (Å²) in [7, 11) is 1.60. The van der Waals surface area contributed by atoms with Crippen molar-refractivity contribution in [2.75, 3.05) is 13.7 Å². The molecule has 0 spiro atoms. The van der Waals surface area contributed by atoms with Crippen LogP contribution < -0.4 is 14.2 Å². The smallest absolute Gasteiger partial charge is 0.349 e. The summed E-state index contributed by atoms with van der Waals surface area (Å²) in [4.78, 5) is 11.8. The quantitative estimate of drug-likeness (QED) is 0.618. The second-order valence-electron chi connectivity index (χ2n) is 6.21. The zero-order chi connectivity index (χ0) is 16.9. The van der Waals surface area contributed by atoms with Crippen molar-refractivity contribution in [3.63, 3.8) is 0 Å². The van der Waals surface area contributed by atoms with Crippen molar-refractivity contribution >= 4 is 5.97 Å². The van der Waals surface area contributed by atoms with Crippen LogP contribution in [0.1, 0.15) is 26.3 Å². The van der Waals surface area contributed by atoms with E-state index in [1.807, 2.05) is 12.1 Å². The Morgan fingerprint density at radius 1 is 0.870 bits per heavy atom. The third-order valence-corrected chi connectivity index (χ3v) is 3.37. The number of benzene rings is 2. The molecule has 23 heavy (non-hydrogen) atoms. The van der Waals surface area contributed by atoms with Gasteiger partial charge in [-0.15, -0.1) is 0 Å². The molecule has 0 amide bonds. The molecule has 0 fully saturated rings. The van der Waals surface area contributed by atoms with Crippen LogP contribution in [0, 0.1) is 0 Å². The van der Waals surface area contributed by atoms with Gasteiger partial charge in [0.15, 0.2) is 6.61 Å². The maximum atomic E-state index is 11.8. The van der Waals surface area contributed by atoms with Gasteiger partial charge in [-0.2, -0.15) is 0 Å². The van der Waals surface area contributed by atoms with E-state index in [-0.39, 0.29) is 12.0 Å². The number of carbonyl (C=O) groups excluding carboxylic acids is 1. The number of hydrogen-bond donors (Lipinski definition) is 0. The molecule has 0 bridgehead atoms. The predicted octanol–water partition coefficient (Wildman–Crippen LogP) is 3.98. The number of rotatable bonds is 5. The van der Waals surface area contributed by atoms with E-state index in [1.54, 1.807) is 43.5 Å². The summed E-state index contributed by atoms with van der Waals surface area (Å²) < 4.78 is 15.7. The van der Waals surface area contributed by atoms with Crippen LogP contribution in [-0.2, 0) is 10.2 Å². The van der Waals surface area contributed by atoms with Gasteiger partial charge in [-0.1, -0.05) is 32.9 Å². The lowest BCUT2D eigenvalue weighted by Gasteiger charge is -2.19. The van der Waals surface area contributed by atoms with E-state index in [0.29, 0.717) is 11.5 Å². The summed E-state index contributed by atoms with van der Waals surface area (Å²) in [5.74, 6) is 1.40. The minimum atomic E-state index is -0.440.